The van der Waals surface area contributed by atoms with Crippen LogP contribution in [0.25, 0.3) is 22.2 Å². The average Bonchev–Trinajstić information content (AvgIpc) is 3.39. The Balaban J connectivity index is 1.58. The second-order valence-corrected chi connectivity index (χ2v) is 9.98. The maximum absolute atomic E-state index is 12.3. The summed E-state index contributed by atoms with van der Waals surface area (Å²) in [4.78, 5) is 8.06. The molecule has 10 heteroatoms. The molecule has 3 heterocycles. The molecule has 1 saturated heterocycles. The van der Waals surface area contributed by atoms with E-state index in [1.54, 1.807) is 18.2 Å². The highest BCUT2D eigenvalue weighted by atomic mass is 32.2. The van der Waals surface area contributed by atoms with E-state index in [4.69, 9.17) is 4.74 Å². The zero-order chi connectivity index (χ0) is 24.6. The second kappa shape index (κ2) is 8.75. The Morgan fingerprint density at radius 1 is 1.06 bits per heavy atom. The number of hydrogen-bond donors (Lipinski definition) is 0. The van der Waals surface area contributed by atoms with Gasteiger partial charge in [-0.25, -0.2) is 18.4 Å². The fraction of sp³-hybridized carbons (Fsp3) is 0.200. The van der Waals surface area contributed by atoms with Crippen molar-refractivity contribution < 1.29 is 13.2 Å². The van der Waals surface area contributed by atoms with Crippen molar-refractivity contribution in [3.8, 4) is 35.0 Å². The molecule has 0 amide bonds. The van der Waals surface area contributed by atoms with E-state index in [1.807, 2.05) is 41.8 Å². The van der Waals surface area contributed by atoms with Gasteiger partial charge < -0.3 is 9.30 Å². The summed E-state index contributed by atoms with van der Waals surface area (Å²) in [6.07, 6.45) is 3.49. The van der Waals surface area contributed by atoms with E-state index in [1.165, 1.54) is 16.7 Å². The van der Waals surface area contributed by atoms with Crippen molar-refractivity contribution in [2.75, 3.05) is 16.6 Å². The summed E-state index contributed by atoms with van der Waals surface area (Å²) in [5.41, 5.74) is 3.57. The van der Waals surface area contributed by atoms with E-state index < -0.39 is 10.0 Å². The number of aryl methyl sites for hydroxylation is 1. The Kier molecular flexibility index (Phi) is 5.59. The summed E-state index contributed by atoms with van der Waals surface area (Å²) in [6.45, 7) is 3.05. The quantitative estimate of drug-likeness (QED) is 0.416. The van der Waals surface area contributed by atoms with Gasteiger partial charge in [-0.15, -0.1) is 0 Å². The maximum Gasteiger partial charge on any atom is 0.256 e. The minimum atomic E-state index is -3.27. The van der Waals surface area contributed by atoms with Gasteiger partial charge in [0.05, 0.1) is 28.2 Å². The highest BCUT2D eigenvalue weighted by molar-refractivity contribution is 7.93. The molecule has 0 spiro atoms. The van der Waals surface area contributed by atoms with Crippen molar-refractivity contribution in [2.45, 2.75) is 19.9 Å². The van der Waals surface area contributed by atoms with Crippen LogP contribution in [0.3, 0.4) is 0 Å². The van der Waals surface area contributed by atoms with Crippen LogP contribution in [0.2, 0.25) is 0 Å². The third kappa shape index (κ3) is 3.84. The molecular formula is C25H20N6O3S. The monoisotopic (exact) mass is 484 g/mol. The third-order valence-corrected chi connectivity index (χ3v) is 7.85. The number of sulfonamides is 1. The number of nitriles is 2. The molecule has 9 nitrogen and oxygen atoms in total. The van der Waals surface area contributed by atoms with Crippen LogP contribution in [0.1, 0.15) is 24.6 Å². The van der Waals surface area contributed by atoms with Crippen LogP contribution in [0.5, 0.6) is 11.6 Å². The lowest BCUT2D eigenvalue weighted by atomic mass is 10.1. The van der Waals surface area contributed by atoms with Gasteiger partial charge in [0, 0.05) is 36.9 Å². The lowest BCUT2D eigenvalue weighted by Gasteiger charge is -2.17. The maximum atomic E-state index is 12.3. The predicted octanol–water partition coefficient (Wildman–Crippen LogP) is 4.19. The number of nitrogens with zero attached hydrogens (tertiary/aromatic N) is 6. The van der Waals surface area contributed by atoms with Gasteiger partial charge in [0.25, 0.3) is 5.88 Å². The first-order valence-electron chi connectivity index (χ1n) is 11.0. The molecule has 0 aliphatic carbocycles. The molecule has 1 fully saturated rings. The van der Waals surface area contributed by atoms with E-state index in [-0.39, 0.29) is 17.3 Å². The van der Waals surface area contributed by atoms with Gasteiger partial charge in [0.15, 0.2) is 0 Å². The van der Waals surface area contributed by atoms with E-state index in [0.717, 1.165) is 22.2 Å². The SMILES string of the molecule is CCn1c(-c2ccc(N3CCCS3(=O)=O)cc2)c(C#N)c2ccc(Oc3nccnc3C#N)cc21. The first kappa shape index (κ1) is 22.4. The Bertz CT molecular complexity index is 1630. The van der Waals surface area contributed by atoms with Crippen molar-refractivity contribution in [2.24, 2.45) is 0 Å². The smallest absolute Gasteiger partial charge is 0.256 e. The number of anilines is 1. The van der Waals surface area contributed by atoms with Gasteiger partial charge in [-0.2, -0.15) is 10.5 Å². The summed E-state index contributed by atoms with van der Waals surface area (Å²) in [7, 11) is -3.27. The highest BCUT2D eigenvalue weighted by Crippen LogP contribution is 2.37. The zero-order valence-electron chi connectivity index (χ0n) is 18.8. The largest absolute Gasteiger partial charge is 0.436 e. The van der Waals surface area contributed by atoms with E-state index in [0.29, 0.717) is 36.5 Å². The Hall–Kier alpha value is -4.41. The van der Waals surface area contributed by atoms with Crippen LogP contribution >= 0.6 is 0 Å². The van der Waals surface area contributed by atoms with Gasteiger partial charge in [0.1, 0.15) is 17.9 Å². The number of fused-ring (bicyclic) bond motifs is 1. The van der Waals surface area contributed by atoms with Crippen LogP contribution in [0, 0.1) is 22.7 Å². The molecule has 0 N–H and O–H groups in total. The van der Waals surface area contributed by atoms with Crippen molar-refractivity contribution in [3.63, 3.8) is 0 Å². The molecule has 0 atom stereocenters. The summed E-state index contributed by atoms with van der Waals surface area (Å²) < 4.78 is 33.8. The number of hydrogen-bond acceptors (Lipinski definition) is 7. The first-order chi connectivity index (χ1) is 17.0. The number of ether oxygens (including phenoxy) is 1. The number of benzene rings is 2. The fourth-order valence-electron chi connectivity index (χ4n) is 4.44. The lowest BCUT2D eigenvalue weighted by Crippen LogP contribution is -2.24. The Morgan fingerprint density at radius 2 is 1.83 bits per heavy atom. The van der Waals surface area contributed by atoms with Crippen LogP contribution < -0.4 is 9.04 Å². The summed E-state index contributed by atoms with van der Waals surface area (Å²) in [6, 6.07) is 16.9. The molecule has 0 unspecified atom stereocenters. The molecule has 174 valence electrons. The van der Waals surface area contributed by atoms with E-state index in [2.05, 4.69) is 16.0 Å². The molecule has 0 bridgehead atoms. The van der Waals surface area contributed by atoms with Crippen molar-refractivity contribution in [1.82, 2.24) is 14.5 Å². The average molecular weight is 485 g/mol. The van der Waals surface area contributed by atoms with Gasteiger partial charge >= 0.3 is 0 Å². The molecule has 4 aromatic rings. The van der Waals surface area contributed by atoms with Gasteiger partial charge in [-0.1, -0.05) is 12.1 Å². The molecule has 2 aromatic carbocycles. The predicted molar refractivity (Wildman–Crippen MR) is 130 cm³/mol. The van der Waals surface area contributed by atoms with Crippen molar-refractivity contribution in [3.05, 3.63) is 66.1 Å². The highest BCUT2D eigenvalue weighted by Gasteiger charge is 2.28. The van der Waals surface area contributed by atoms with Gasteiger partial charge in [-0.3, -0.25) is 4.31 Å². The van der Waals surface area contributed by atoms with Crippen LogP contribution in [-0.4, -0.2) is 35.3 Å². The van der Waals surface area contributed by atoms with E-state index >= 15 is 0 Å². The standard InChI is InChI=1S/C25H20N6O3S/c1-2-30-23-14-19(34-25-22(16-27)28-10-11-29-25)8-9-20(23)21(15-26)24(30)17-4-6-18(7-5-17)31-12-3-13-35(31,32)33/h4-11,14H,2-3,12-13H2,1H3. The number of aromatic nitrogens is 3. The van der Waals surface area contributed by atoms with Crippen LogP contribution in [0.4, 0.5) is 5.69 Å². The first-order valence-corrected chi connectivity index (χ1v) is 12.6. The number of rotatable bonds is 5. The molecule has 1 aliphatic rings. The molecular weight excluding hydrogens is 464 g/mol. The van der Waals surface area contributed by atoms with Crippen molar-refractivity contribution >= 4 is 26.6 Å². The van der Waals surface area contributed by atoms with E-state index in [9.17, 15) is 18.9 Å². The molecule has 0 radical (unpaired) electrons. The molecule has 1 aliphatic heterocycles. The van der Waals surface area contributed by atoms with Gasteiger partial charge in [0.2, 0.25) is 15.7 Å². The summed E-state index contributed by atoms with van der Waals surface area (Å²) in [5, 5.41) is 20.0. The minimum absolute atomic E-state index is 0.0805. The molecule has 0 saturated carbocycles. The van der Waals surface area contributed by atoms with Crippen LogP contribution in [0.15, 0.2) is 54.9 Å². The Morgan fingerprint density at radius 3 is 2.49 bits per heavy atom. The fourth-order valence-corrected chi connectivity index (χ4v) is 6.00. The molecule has 5 rings (SSSR count). The van der Waals surface area contributed by atoms with Crippen LogP contribution in [-0.2, 0) is 16.6 Å². The molecule has 35 heavy (non-hydrogen) atoms. The second-order valence-electron chi connectivity index (χ2n) is 7.97. The lowest BCUT2D eigenvalue weighted by molar-refractivity contribution is 0.458. The zero-order valence-corrected chi connectivity index (χ0v) is 19.7. The van der Waals surface area contributed by atoms with Gasteiger partial charge in [-0.05, 0) is 43.2 Å². The normalized spacial score (nSPS) is 14.5. The Labute approximate surface area is 202 Å². The minimum Gasteiger partial charge on any atom is -0.436 e. The molecule has 2 aromatic heterocycles. The topological polar surface area (TPSA) is 125 Å². The summed E-state index contributed by atoms with van der Waals surface area (Å²) in [5.74, 6) is 0.733. The van der Waals surface area contributed by atoms with Crippen molar-refractivity contribution in [1.29, 1.82) is 10.5 Å². The summed E-state index contributed by atoms with van der Waals surface area (Å²) >= 11 is 0. The third-order valence-electron chi connectivity index (χ3n) is 5.98.